The molecule has 0 fully saturated rings. The van der Waals surface area contributed by atoms with E-state index >= 15 is 0 Å². The molecule has 5 heteroatoms. The van der Waals surface area contributed by atoms with Crippen molar-refractivity contribution in [2.75, 3.05) is 13.7 Å². The minimum atomic E-state index is -0.385. The van der Waals surface area contributed by atoms with E-state index in [1.54, 1.807) is 0 Å². The van der Waals surface area contributed by atoms with Crippen LogP contribution in [0.3, 0.4) is 0 Å². The quantitative estimate of drug-likeness (QED) is 0.358. The lowest BCUT2D eigenvalue weighted by Gasteiger charge is -1.98. The molecule has 0 heterocycles. The zero-order valence-corrected chi connectivity index (χ0v) is 5.01. The van der Waals surface area contributed by atoms with Crippen molar-refractivity contribution in [1.82, 2.24) is 10.9 Å². The molecule has 0 saturated carbocycles. The van der Waals surface area contributed by atoms with Crippen molar-refractivity contribution < 1.29 is 14.3 Å². The number of ether oxygens (including phenoxy) is 1. The van der Waals surface area contributed by atoms with Gasteiger partial charge in [-0.05, 0) is 0 Å². The molecule has 2 N–H and O–H groups in total. The largest absolute Gasteiger partial charge is 0.375 e. The van der Waals surface area contributed by atoms with Gasteiger partial charge in [-0.1, -0.05) is 0 Å². The Kier molecular flexibility index (Phi) is 4.43. The van der Waals surface area contributed by atoms with Crippen LogP contribution in [0.1, 0.15) is 0 Å². The van der Waals surface area contributed by atoms with Crippen LogP contribution in [0, 0.1) is 0 Å². The molecule has 0 saturated heterocycles. The molecule has 0 aromatic carbocycles. The number of carbonyl (C=O) groups excluding carboxylic acids is 2. The van der Waals surface area contributed by atoms with Gasteiger partial charge in [-0.25, -0.2) is 0 Å². The summed E-state index contributed by atoms with van der Waals surface area (Å²) in [5, 5.41) is 0. The molecule has 2 amide bonds. The van der Waals surface area contributed by atoms with Crippen LogP contribution < -0.4 is 10.9 Å². The summed E-state index contributed by atoms with van der Waals surface area (Å²) in [6.07, 6.45) is 0.369. The maximum Gasteiger partial charge on any atom is 0.264 e. The summed E-state index contributed by atoms with van der Waals surface area (Å²) < 4.78 is 4.43. The van der Waals surface area contributed by atoms with Crippen LogP contribution in [0.4, 0.5) is 0 Å². The van der Waals surface area contributed by atoms with E-state index in [-0.39, 0.29) is 12.5 Å². The Balaban J connectivity index is 3.16. The average molecular weight is 132 g/mol. The van der Waals surface area contributed by atoms with Gasteiger partial charge in [0.15, 0.2) is 0 Å². The van der Waals surface area contributed by atoms with Crippen LogP contribution in [-0.4, -0.2) is 26.0 Å². The maximum atomic E-state index is 10.3. The molecule has 0 rings (SSSR count). The third-order valence-electron chi connectivity index (χ3n) is 0.546. The molecule has 5 nitrogen and oxygen atoms in total. The lowest BCUT2D eigenvalue weighted by molar-refractivity contribution is -0.127. The normalized spacial score (nSPS) is 8.11. The summed E-state index contributed by atoms with van der Waals surface area (Å²) in [5.74, 6) is -0.385. The van der Waals surface area contributed by atoms with Crippen molar-refractivity contribution in [1.29, 1.82) is 0 Å². The summed E-state index contributed by atoms with van der Waals surface area (Å²) in [6, 6.07) is 0. The highest BCUT2D eigenvalue weighted by Crippen LogP contribution is 1.63. The Labute approximate surface area is 52.3 Å². The highest BCUT2D eigenvalue weighted by molar-refractivity contribution is 5.77. The Morgan fingerprint density at radius 2 is 2.44 bits per heavy atom. The zero-order chi connectivity index (χ0) is 7.11. The molecule has 0 radical (unpaired) electrons. The highest BCUT2D eigenvalue weighted by atomic mass is 16.5. The predicted octanol–water partition coefficient (Wildman–Crippen LogP) is -1.59. The average Bonchev–Trinajstić information content (AvgIpc) is 1.85. The molecular weight excluding hydrogens is 124 g/mol. The fraction of sp³-hybridized carbons (Fsp3) is 0.500. The number of carbonyl (C=O) groups is 2. The van der Waals surface area contributed by atoms with E-state index in [1.165, 1.54) is 7.11 Å². The molecule has 0 unspecified atom stereocenters. The fourth-order valence-corrected chi connectivity index (χ4v) is 0.277. The highest BCUT2D eigenvalue weighted by Gasteiger charge is 1.94. The molecule has 0 aromatic rings. The first-order chi connectivity index (χ1) is 4.31. The first-order valence-electron chi connectivity index (χ1n) is 2.28. The molecule has 52 valence electrons. The van der Waals surface area contributed by atoms with Crippen molar-refractivity contribution in [3.63, 3.8) is 0 Å². The van der Waals surface area contributed by atoms with Gasteiger partial charge in [0.05, 0.1) is 0 Å². The Morgan fingerprint density at radius 1 is 1.78 bits per heavy atom. The number of hydrogen-bond acceptors (Lipinski definition) is 3. The number of hydrogen-bond donors (Lipinski definition) is 2. The van der Waals surface area contributed by atoms with E-state index in [2.05, 4.69) is 10.2 Å². The van der Waals surface area contributed by atoms with Crippen molar-refractivity contribution >= 4 is 12.3 Å². The van der Waals surface area contributed by atoms with Crippen molar-refractivity contribution in [2.24, 2.45) is 0 Å². The van der Waals surface area contributed by atoms with Gasteiger partial charge < -0.3 is 4.74 Å². The molecule has 0 aliphatic rings. The second kappa shape index (κ2) is 5.04. The van der Waals surface area contributed by atoms with Crippen LogP contribution in [0.25, 0.3) is 0 Å². The summed E-state index contributed by atoms with van der Waals surface area (Å²) >= 11 is 0. The first kappa shape index (κ1) is 7.90. The summed E-state index contributed by atoms with van der Waals surface area (Å²) in [6.45, 7) is -0.0547. The third-order valence-corrected chi connectivity index (χ3v) is 0.546. The fourth-order valence-electron chi connectivity index (χ4n) is 0.277. The van der Waals surface area contributed by atoms with E-state index < -0.39 is 0 Å². The van der Waals surface area contributed by atoms with E-state index in [9.17, 15) is 9.59 Å². The third kappa shape index (κ3) is 4.76. The Morgan fingerprint density at radius 3 is 2.89 bits per heavy atom. The topological polar surface area (TPSA) is 67.4 Å². The van der Waals surface area contributed by atoms with E-state index in [0.717, 1.165) is 0 Å². The molecular formula is C4H8N2O3. The summed E-state index contributed by atoms with van der Waals surface area (Å²) in [7, 11) is 1.39. The number of methoxy groups -OCH3 is 1. The zero-order valence-electron chi connectivity index (χ0n) is 5.01. The van der Waals surface area contributed by atoms with Gasteiger partial charge >= 0.3 is 0 Å². The van der Waals surface area contributed by atoms with Gasteiger partial charge in [0, 0.05) is 7.11 Å². The SMILES string of the molecule is COCC(=O)NNC=O. The molecule has 0 aliphatic carbocycles. The van der Waals surface area contributed by atoms with Crippen LogP contribution >= 0.6 is 0 Å². The first-order valence-corrected chi connectivity index (χ1v) is 2.28. The second-order valence-corrected chi connectivity index (χ2v) is 1.24. The lowest BCUT2D eigenvalue weighted by Crippen LogP contribution is -2.38. The number of rotatable bonds is 4. The molecule has 0 atom stereocenters. The van der Waals surface area contributed by atoms with Crippen molar-refractivity contribution in [3.8, 4) is 0 Å². The van der Waals surface area contributed by atoms with Gasteiger partial charge in [-0.3, -0.25) is 20.4 Å². The maximum absolute atomic E-state index is 10.3. The monoisotopic (exact) mass is 132 g/mol. The van der Waals surface area contributed by atoms with E-state index in [0.29, 0.717) is 6.41 Å². The van der Waals surface area contributed by atoms with Gasteiger partial charge in [0.1, 0.15) is 6.61 Å². The van der Waals surface area contributed by atoms with Crippen molar-refractivity contribution in [3.05, 3.63) is 0 Å². The minimum Gasteiger partial charge on any atom is -0.375 e. The molecule has 0 aromatic heterocycles. The standard InChI is InChI=1S/C4H8N2O3/c1-9-2-4(8)6-5-3-7/h3H,2H2,1H3,(H,5,7)(H,6,8). The summed E-state index contributed by atoms with van der Waals surface area (Å²) in [5.41, 5.74) is 4.02. The van der Waals surface area contributed by atoms with Gasteiger partial charge in [0.25, 0.3) is 5.91 Å². The molecule has 0 spiro atoms. The van der Waals surface area contributed by atoms with Crippen LogP contribution in [-0.2, 0) is 14.3 Å². The van der Waals surface area contributed by atoms with Crippen LogP contribution in [0.15, 0.2) is 0 Å². The van der Waals surface area contributed by atoms with Crippen LogP contribution in [0.2, 0.25) is 0 Å². The Bertz CT molecular complexity index is 104. The number of hydrazine groups is 1. The van der Waals surface area contributed by atoms with Crippen molar-refractivity contribution in [2.45, 2.75) is 0 Å². The summed E-state index contributed by atoms with van der Waals surface area (Å²) in [4.78, 5) is 19.9. The minimum absolute atomic E-state index is 0.0547. The predicted molar refractivity (Wildman–Crippen MR) is 29.2 cm³/mol. The Hall–Kier alpha value is -1.10. The van der Waals surface area contributed by atoms with Gasteiger partial charge in [-0.15, -0.1) is 0 Å². The van der Waals surface area contributed by atoms with E-state index in [1.807, 2.05) is 5.43 Å². The lowest BCUT2D eigenvalue weighted by atomic mass is 10.7. The number of amides is 2. The number of nitrogens with one attached hydrogen (secondary N) is 2. The second-order valence-electron chi connectivity index (χ2n) is 1.24. The molecule has 0 bridgehead atoms. The van der Waals surface area contributed by atoms with E-state index in [4.69, 9.17) is 0 Å². The van der Waals surface area contributed by atoms with Gasteiger partial charge in [0.2, 0.25) is 6.41 Å². The van der Waals surface area contributed by atoms with Gasteiger partial charge in [-0.2, -0.15) is 0 Å². The molecule has 9 heavy (non-hydrogen) atoms. The smallest absolute Gasteiger partial charge is 0.264 e. The molecule has 0 aliphatic heterocycles. The van der Waals surface area contributed by atoms with Crippen LogP contribution in [0.5, 0.6) is 0 Å².